The first kappa shape index (κ1) is 8.48. The van der Waals surface area contributed by atoms with Crippen LogP contribution in [0.15, 0.2) is 24.3 Å². The first-order valence-corrected chi connectivity index (χ1v) is 3.32. The minimum atomic E-state index is -0.455. The Morgan fingerprint density at radius 2 is 2.00 bits per heavy atom. The Kier molecular flexibility index (Phi) is 2.60. The van der Waals surface area contributed by atoms with Crippen LogP contribution in [0.1, 0.15) is 0 Å². The zero-order chi connectivity index (χ0) is 8.97. The van der Waals surface area contributed by atoms with Gasteiger partial charge in [0, 0.05) is 19.2 Å². The summed E-state index contributed by atoms with van der Waals surface area (Å²) in [5, 5.41) is 10.2. The topological polar surface area (TPSA) is 64.4 Å². The van der Waals surface area contributed by atoms with Crippen LogP contribution in [-0.2, 0) is 0 Å². The van der Waals surface area contributed by atoms with Gasteiger partial charge in [-0.15, -0.1) is 0 Å². The number of nitrogens with zero attached hydrogens (tertiary/aromatic N) is 1. The van der Waals surface area contributed by atoms with Gasteiger partial charge in [-0.2, -0.15) is 5.48 Å². The standard InChI is InChI=1S/C7H8N2O3/c1-8-12-7-4-2-6(3-5-7)9(10)11/h2-5,8H,1H3. The van der Waals surface area contributed by atoms with Crippen LogP contribution in [-0.4, -0.2) is 12.0 Å². The molecule has 0 heterocycles. The molecule has 1 aromatic rings. The first-order chi connectivity index (χ1) is 5.74. The maximum Gasteiger partial charge on any atom is 0.269 e. The zero-order valence-corrected chi connectivity index (χ0v) is 6.48. The highest BCUT2D eigenvalue weighted by Crippen LogP contribution is 2.16. The van der Waals surface area contributed by atoms with Crippen molar-refractivity contribution < 1.29 is 9.76 Å². The van der Waals surface area contributed by atoms with Crippen molar-refractivity contribution in [1.29, 1.82) is 0 Å². The molecular formula is C7H8N2O3. The van der Waals surface area contributed by atoms with Crippen molar-refractivity contribution in [3.8, 4) is 5.75 Å². The van der Waals surface area contributed by atoms with Crippen LogP contribution in [0.5, 0.6) is 5.75 Å². The van der Waals surface area contributed by atoms with Gasteiger partial charge in [0.1, 0.15) is 5.75 Å². The minimum Gasteiger partial charge on any atom is -0.409 e. The highest BCUT2D eigenvalue weighted by molar-refractivity contribution is 5.35. The molecule has 0 amide bonds. The molecule has 1 aromatic carbocycles. The molecule has 1 rings (SSSR count). The van der Waals surface area contributed by atoms with Gasteiger partial charge < -0.3 is 4.84 Å². The van der Waals surface area contributed by atoms with Crippen molar-refractivity contribution in [3.05, 3.63) is 34.4 Å². The second-order valence-electron chi connectivity index (χ2n) is 2.06. The van der Waals surface area contributed by atoms with Crippen LogP contribution in [0.3, 0.4) is 0 Å². The van der Waals surface area contributed by atoms with Gasteiger partial charge >= 0.3 is 0 Å². The van der Waals surface area contributed by atoms with E-state index in [1.165, 1.54) is 24.3 Å². The van der Waals surface area contributed by atoms with Gasteiger partial charge in [0.25, 0.3) is 5.69 Å². The van der Waals surface area contributed by atoms with E-state index in [1.807, 2.05) is 0 Å². The van der Waals surface area contributed by atoms with Crippen LogP contribution in [0.2, 0.25) is 0 Å². The average Bonchev–Trinajstić information content (AvgIpc) is 2.06. The summed E-state index contributed by atoms with van der Waals surface area (Å²) in [6.45, 7) is 0. The van der Waals surface area contributed by atoms with Crippen LogP contribution < -0.4 is 10.3 Å². The van der Waals surface area contributed by atoms with E-state index in [4.69, 9.17) is 4.84 Å². The predicted octanol–water partition coefficient (Wildman–Crippen LogP) is 1.11. The quantitative estimate of drug-likeness (QED) is 0.542. The SMILES string of the molecule is CNOc1ccc([N+](=O)[O-])cc1. The fraction of sp³-hybridized carbons (Fsp3) is 0.143. The van der Waals surface area contributed by atoms with E-state index in [-0.39, 0.29) is 5.69 Å². The Morgan fingerprint density at radius 3 is 2.42 bits per heavy atom. The van der Waals surface area contributed by atoms with Crippen molar-refractivity contribution in [3.63, 3.8) is 0 Å². The molecular weight excluding hydrogens is 160 g/mol. The summed E-state index contributed by atoms with van der Waals surface area (Å²) < 4.78 is 0. The summed E-state index contributed by atoms with van der Waals surface area (Å²) >= 11 is 0. The molecule has 0 radical (unpaired) electrons. The molecule has 5 nitrogen and oxygen atoms in total. The molecule has 5 heteroatoms. The molecule has 0 aliphatic heterocycles. The van der Waals surface area contributed by atoms with Gasteiger partial charge in [-0.25, -0.2) is 0 Å². The Hall–Kier alpha value is -1.62. The number of hydroxylamine groups is 1. The Balaban J connectivity index is 2.78. The molecule has 0 bridgehead atoms. The van der Waals surface area contributed by atoms with Crippen LogP contribution >= 0.6 is 0 Å². The number of rotatable bonds is 3. The van der Waals surface area contributed by atoms with E-state index >= 15 is 0 Å². The highest BCUT2D eigenvalue weighted by atomic mass is 16.6. The molecule has 0 aliphatic carbocycles. The second kappa shape index (κ2) is 3.68. The summed E-state index contributed by atoms with van der Waals surface area (Å²) in [6, 6.07) is 5.81. The predicted molar refractivity (Wildman–Crippen MR) is 42.8 cm³/mol. The molecule has 0 atom stereocenters. The average molecular weight is 168 g/mol. The van der Waals surface area contributed by atoms with E-state index < -0.39 is 4.92 Å². The summed E-state index contributed by atoms with van der Waals surface area (Å²) in [7, 11) is 1.61. The zero-order valence-electron chi connectivity index (χ0n) is 6.48. The van der Waals surface area contributed by atoms with Crippen LogP contribution in [0.25, 0.3) is 0 Å². The molecule has 12 heavy (non-hydrogen) atoms. The lowest BCUT2D eigenvalue weighted by Gasteiger charge is -2.00. The molecule has 0 saturated heterocycles. The van der Waals surface area contributed by atoms with Gasteiger partial charge in [0.2, 0.25) is 0 Å². The van der Waals surface area contributed by atoms with Gasteiger partial charge in [-0.05, 0) is 12.1 Å². The maximum atomic E-state index is 10.2. The highest BCUT2D eigenvalue weighted by Gasteiger charge is 2.03. The smallest absolute Gasteiger partial charge is 0.269 e. The lowest BCUT2D eigenvalue weighted by molar-refractivity contribution is -0.384. The van der Waals surface area contributed by atoms with E-state index in [1.54, 1.807) is 7.05 Å². The minimum absolute atomic E-state index is 0.0541. The summed E-state index contributed by atoms with van der Waals surface area (Å²) in [6.07, 6.45) is 0. The third-order valence-corrected chi connectivity index (χ3v) is 1.27. The molecule has 64 valence electrons. The van der Waals surface area contributed by atoms with Crippen molar-refractivity contribution >= 4 is 5.69 Å². The Bertz CT molecular complexity index is 270. The number of non-ortho nitro benzene ring substituents is 1. The largest absolute Gasteiger partial charge is 0.409 e. The van der Waals surface area contributed by atoms with Crippen molar-refractivity contribution in [2.75, 3.05) is 7.05 Å². The van der Waals surface area contributed by atoms with Gasteiger partial charge in [0.15, 0.2) is 0 Å². The van der Waals surface area contributed by atoms with Gasteiger partial charge in [0.05, 0.1) is 4.92 Å². The normalized spacial score (nSPS) is 9.42. The lowest BCUT2D eigenvalue weighted by Crippen LogP contribution is -2.10. The number of nitro groups is 1. The number of hydrogen-bond acceptors (Lipinski definition) is 4. The summed E-state index contributed by atoms with van der Waals surface area (Å²) in [5.74, 6) is 0.545. The van der Waals surface area contributed by atoms with Crippen LogP contribution in [0.4, 0.5) is 5.69 Å². The fourth-order valence-corrected chi connectivity index (χ4v) is 0.754. The molecule has 0 saturated carbocycles. The molecule has 0 aromatic heterocycles. The molecule has 0 unspecified atom stereocenters. The van der Waals surface area contributed by atoms with Crippen molar-refractivity contribution in [2.24, 2.45) is 0 Å². The van der Waals surface area contributed by atoms with Crippen molar-refractivity contribution in [1.82, 2.24) is 5.48 Å². The third-order valence-electron chi connectivity index (χ3n) is 1.27. The van der Waals surface area contributed by atoms with E-state index in [0.717, 1.165) is 0 Å². The second-order valence-corrected chi connectivity index (χ2v) is 2.06. The lowest BCUT2D eigenvalue weighted by atomic mass is 10.3. The molecule has 1 N–H and O–H groups in total. The van der Waals surface area contributed by atoms with E-state index in [9.17, 15) is 10.1 Å². The van der Waals surface area contributed by atoms with Crippen molar-refractivity contribution in [2.45, 2.75) is 0 Å². The fourth-order valence-electron chi connectivity index (χ4n) is 0.754. The van der Waals surface area contributed by atoms with Crippen LogP contribution in [0, 0.1) is 10.1 Å². The number of nitrogens with one attached hydrogen (secondary N) is 1. The summed E-state index contributed by atoms with van der Waals surface area (Å²) in [4.78, 5) is 14.6. The maximum absolute atomic E-state index is 10.2. The Morgan fingerprint density at radius 1 is 1.42 bits per heavy atom. The monoisotopic (exact) mass is 168 g/mol. The number of hydrogen-bond donors (Lipinski definition) is 1. The molecule has 0 aliphatic rings. The van der Waals surface area contributed by atoms with E-state index in [0.29, 0.717) is 5.75 Å². The number of nitro benzene ring substituents is 1. The first-order valence-electron chi connectivity index (χ1n) is 3.32. The number of benzene rings is 1. The third kappa shape index (κ3) is 1.93. The van der Waals surface area contributed by atoms with E-state index in [2.05, 4.69) is 5.48 Å². The molecule has 0 fully saturated rings. The Labute approximate surface area is 69.1 Å². The molecule has 0 spiro atoms. The summed E-state index contributed by atoms with van der Waals surface area (Å²) in [5.41, 5.74) is 2.52. The van der Waals surface area contributed by atoms with Gasteiger partial charge in [-0.3, -0.25) is 10.1 Å². The van der Waals surface area contributed by atoms with Gasteiger partial charge in [-0.1, -0.05) is 0 Å².